The van der Waals surface area contributed by atoms with Gasteiger partial charge in [0.15, 0.2) is 23.7 Å². The van der Waals surface area contributed by atoms with Crippen LogP contribution in [0.2, 0.25) is 0 Å². The van der Waals surface area contributed by atoms with E-state index in [9.17, 15) is 26.3 Å². The highest BCUT2D eigenvalue weighted by atomic mass is 19.3. The van der Waals surface area contributed by atoms with E-state index >= 15 is 0 Å². The highest BCUT2D eigenvalue weighted by molar-refractivity contribution is 5.66. The summed E-state index contributed by atoms with van der Waals surface area (Å²) in [5, 5.41) is 0. The predicted octanol–water partition coefficient (Wildman–Crippen LogP) is 5.97. The van der Waals surface area contributed by atoms with Crippen molar-refractivity contribution in [3.8, 4) is 16.9 Å². The maximum atomic E-state index is 14.6. The van der Waals surface area contributed by atoms with E-state index < -0.39 is 53.0 Å². The van der Waals surface area contributed by atoms with Gasteiger partial charge in [-0.05, 0) is 36.2 Å². The van der Waals surface area contributed by atoms with Crippen molar-refractivity contribution in [1.29, 1.82) is 0 Å². The Bertz CT molecular complexity index is 819. The Labute approximate surface area is 163 Å². The number of alkyl halides is 2. The molecule has 0 saturated carbocycles. The molecular weight excluding hydrogens is 402 g/mol. The lowest BCUT2D eigenvalue weighted by Gasteiger charge is -2.29. The summed E-state index contributed by atoms with van der Waals surface area (Å²) in [4.78, 5) is 0. The molecule has 0 aromatic heterocycles. The molecule has 0 radical (unpaired) electrons. The second-order valence-electron chi connectivity index (χ2n) is 6.66. The molecule has 1 aliphatic rings. The van der Waals surface area contributed by atoms with Crippen molar-refractivity contribution in [2.24, 2.45) is 5.92 Å². The summed E-state index contributed by atoms with van der Waals surface area (Å²) in [5.41, 5.74) is -1.14. The van der Waals surface area contributed by atoms with Gasteiger partial charge in [-0.15, -0.1) is 0 Å². The minimum atomic E-state index is -3.45. The van der Waals surface area contributed by atoms with Gasteiger partial charge in [-0.1, -0.05) is 13.3 Å². The smallest absolute Gasteiger partial charge is 0.387 e. The van der Waals surface area contributed by atoms with E-state index in [1.807, 2.05) is 6.92 Å². The van der Waals surface area contributed by atoms with Gasteiger partial charge in [-0.25, -0.2) is 17.6 Å². The number of hydrogen-bond acceptors (Lipinski definition) is 3. The SMILES string of the molecule is CCCC1COC(c2cc(F)c(-c3cc(F)c(OC(F)F)c(F)c3)c(F)c2)OC1. The Morgan fingerprint density at radius 3 is 1.97 bits per heavy atom. The molecule has 29 heavy (non-hydrogen) atoms. The highest BCUT2D eigenvalue weighted by Gasteiger charge is 2.26. The molecule has 9 heteroatoms. The summed E-state index contributed by atoms with van der Waals surface area (Å²) in [6, 6.07) is 2.93. The van der Waals surface area contributed by atoms with Gasteiger partial charge >= 0.3 is 6.61 Å². The molecule has 0 spiro atoms. The topological polar surface area (TPSA) is 27.7 Å². The van der Waals surface area contributed by atoms with E-state index in [2.05, 4.69) is 4.74 Å². The minimum absolute atomic E-state index is 0.0808. The van der Waals surface area contributed by atoms with Gasteiger partial charge < -0.3 is 14.2 Å². The average molecular weight is 420 g/mol. The van der Waals surface area contributed by atoms with E-state index in [-0.39, 0.29) is 11.5 Å². The number of ether oxygens (including phenoxy) is 3. The summed E-state index contributed by atoms with van der Waals surface area (Å²) < 4.78 is 96.2. The first-order chi connectivity index (χ1) is 13.8. The second kappa shape index (κ2) is 9.04. The lowest BCUT2D eigenvalue weighted by atomic mass is 10.0. The minimum Gasteiger partial charge on any atom is -0.429 e. The Balaban J connectivity index is 1.87. The molecule has 1 saturated heterocycles. The van der Waals surface area contributed by atoms with Crippen LogP contribution >= 0.6 is 0 Å². The Kier molecular flexibility index (Phi) is 6.69. The van der Waals surface area contributed by atoms with Crippen LogP contribution in [-0.2, 0) is 9.47 Å². The molecule has 0 N–H and O–H groups in total. The van der Waals surface area contributed by atoms with Crippen LogP contribution in [0.3, 0.4) is 0 Å². The van der Waals surface area contributed by atoms with E-state index in [1.165, 1.54) is 0 Å². The first-order valence-corrected chi connectivity index (χ1v) is 8.96. The Morgan fingerprint density at radius 2 is 1.48 bits per heavy atom. The largest absolute Gasteiger partial charge is 0.429 e. The third-order valence-corrected chi connectivity index (χ3v) is 4.49. The predicted molar refractivity (Wildman–Crippen MR) is 91.4 cm³/mol. The third kappa shape index (κ3) is 4.84. The van der Waals surface area contributed by atoms with Crippen LogP contribution in [0.5, 0.6) is 5.75 Å². The van der Waals surface area contributed by atoms with Crippen molar-refractivity contribution in [1.82, 2.24) is 0 Å². The number of halogens is 6. The quantitative estimate of drug-likeness (QED) is 0.539. The highest BCUT2D eigenvalue weighted by Crippen LogP contribution is 2.35. The van der Waals surface area contributed by atoms with Crippen molar-refractivity contribution < 1.29 is 40.6 Å². The van der Waals surface area contributed by atoms with Crippen LogP contribution in [0.4, 0.5) is 26.3 Å². The maximum Gasteiger partial charge on any atom is 0.387 e. The molecule has 2 aromatic carbocycles. The van der Waals surface area contributed by atoms with Crippen molar-refractivity contribution in [3.05, 3.63) is 53.1 Å². The lowest BCUT2D eigenvalue weighted by molar-refractivity contribution is -0.206. The molecule has 0 atom stereocenters. The summed E-state index contributed by atoms with van der Waals surface area (Å²) in [6.45, 7) is -0.672. The van der Waals surface area contributed by atoms with Crippen molar-refractivity contribution in [2.45, 2.75) is 32.7 Å². The van der Waals surface area contributed by atoms with Gasteiger partial charge in [0.25, 0.3) is 0 Å². The lowest BCUT2D eigenvalue weighted by Crippen LogP contribution is -2.27. The third-order valence-electron chi connectivity index (χ3n) is 4.49. The van der Waals surface area contributed by atoms with E-state index in [4.69, 9.17) is 9.47 Å². The standard InChI is InChI=1S/C20H18F6O3/c1-2-3-10-8-27-19(28-9-10)12-6-13(21)17(14(22)7-12)11-4-15(23)18(16(24)5-11)29-20(25)26/h4-7,10,19-20H,2-3,8-9H2,1H3. The van der Waals surface area contributed by atoms with Crippen molar-refractivity contribution >= 4 is 0 Å². The molecule has 2 aromatic rings. The van der Waals surface area contributed by atoms with E-state index in [0.29, 0.717) is 25.3 Å². The first kappa shape index (κ1) is 21.4. The van der Waals surface area contributed by atoms with Crippen LogP contribution < -0.4 is 4.74 Å². The van der Waals surface area contributed by atoms with Gasteiger partial charge in [-0.3, -0.25) is 0 Å². The molecule has 0 aliphatic carbocycles. The van der Waals surface area contributed by atoms with Crippen LogP contribution in [0.1, 0.15) is 31.6 Å². The molecule has 0 amide bonds. The molecule has 1 heterocycles. The van der Waals surface area contributed by atoms with E-state index in [1.54, 1.807) is 0 Å². The number of rotatable bonds is 6. The molecular formula is C20H18F6O3. The van der Waals surface area contributed by atoms with Gasteiger partial charge in [0.05, 0.1) is 18.8 Å². The number of hydrogen-bond donors (Lipinski definition) is 0. The molecule has 1 fully saturated rings. The summed E-state index contributed by atoms with van der Waals surface area (Å²) in [5.74, 6) is -6.36. The molecule has 158 valence electrons. The molecule has 0 unspecified atom stereocenters. The maximum absolute atomic E-state index is 14.6. The average Bonchev–Trinajstić information content (AvgIpc) is 2.65. The van der Waals surface area contributed by atoms with Crippen LogP contribution in [-0.4, -0.2) is 19.8 Å². The fraction of sp³-hybridized carbons (Fsp3) is 0.400. The molecule has 0 bridgehead atoms. The monoisotopic (exact) mass is 420 g/mol. The number of benzene rings is 2. The van der Waals surface area contributed by atoms with Gasteiger partial charge in [0.1, 0.15) is 11.6 Å². The van der Waals surface area contributed by atoms with Gasteiger partial charge in [-0.2, -0.15) is 8.78 Å². The van der Waals surface area contributed by atoms with Gasteiger partial charge in [0.2, 0.25) is 0 Å². The van der Waals surface area contributed by atoms with Crippen molar-refractivity contribution in [3.63, 3.8) is 0 Å². The second-order valence-corrected chi connectivity index (χ2v) is 6.66. The molecule has 3 nitrogen and oxygen atoms in total. The molecule has 1 aliphatic heterocycles. The summed E-state index contributed by atoms with van der Waals surface area (Å²) in [6.07, 6.45) is 0.891. The van der Waals surface area contributed by atoms with Crippen LogP contribution in [0.15, 0.2) is 24.3 Å². The summed E-state index contributed by atoms with van der Waals surface area (Å²) >= 11 is 0. The van der Waals surface area contributed by atoms with Crippen LogP contribution in [0, 0.1) is 29.2 Å². The Morgan fingerprint density at radius 1 is 0.931 bits per heavy atom. The van der Waals surface area contributed by atoms with Crippen LogP contribution in [0.25, 0.3) is 11.1 Å². The Hall–Kier alpha value is -2.26. The zero-order chi connectivity index (χ0) is 21.1. The van der Waals surface area contributed by atoms with Gasteiger partial charge in [0, 0.05) is 11.5 Å². The zero-order valence-corrected chi connectivity index (χ0v) is 15.4. The zero-order valence-electron chi connectivity index (χ0n) is 15.4. The summed E-state index contributed by atoms with van der Waals surface area (Å²) in [7, 11) is 0. The van der Waals surface area contributed by atoms with E-state index in [0.717, 1.165) is 25.0 Å². The molecule has 3 rings (SSSR count). The normalized spacial score (nSPS) is 19.6. The fourth-order valence-corrected chi connectivity index (χ4v) is 3.22. The fourth-order valence-electron chi connectivity index (χ4n) is 3.22. The van der Waals surface area contributed by atoms with Crippen molar-refractivity contribution in [2.75, 3.05) is 13.2 Å². The first-order valence-electron chi connectivity index (χ1n) is 8.96.